The Morgan fingerprint density at radius 1 is 1.73 bits per heavy atom. The van der Waals surface area contributed by atoms with E-state index in [-0.39, 0.29) is 11.3 Å². The number of rotatable bonds is 2. The van der Waals surface area contributed by atoms with Crippen LogP contribution in [0.2, 0.25) is 0 Å². The summed E-state index contributed by atoms with van der Waals surface area (Å²) < 4.78 is 7.44. The standard InChI is InChI=1S/C9H10BrN2O3/c1-9(5-10)6-11-4-7(12(13)14)2-3-8(11)15-9/h2-4H,5-6H2,1H3/q+1. The zero-order valence-corrected chi connectivity index (χ0v) is 9.73. The number of pyridine rings is 1. The third kappa shape index (κ3) is 1.81. The van der Waals surface area contributed by atoms with Crippen LogP contribution < -0.4 is 9.30 Å². The predicted molar refractivity (Wildman–Crippen MR) is 56.1 cm³/mol. The first-order valence-electron chi connectivity index (χ1n) is 4.47. The quantitative estimate of drug-likeness (QED) is 0.355. The third-order valence-corrected chi connectivity index (χ3v) is 3.50. The summed E-state index contributed by atoms with van der Waals surface area (Å²) in [6, 6.07) is 3.08. The van der Waals surface area contributed by atoms with Gasteiger partial charge in [0.25, 0.3) is 0 Å². The van der Waals surface area contributed by atoms with Gasteiger partial charge in [-0.1, -0.05) is 15.9 Å². The van der Waals surface area contributed by atoms with Gasteiger partial charge in [-0.2, -0.15) is 4.57 Å². The van der Waals surface area contributed by atoms with Crippen LogP contribution in [0.3, 0.4) is 0 Å². The summed E-state index contributed by atoms with van der Waals surface area (Å²) in [4.78, 5) is 10.2. The molecule has 0 aromatic carbocycles. The van der Waals surface area contributed by atoms with Crippen molar-refractivity contribution >= 4 is 21.6 Å². The molecule has 0 aliphatic carbocycles. The molecule has 1 atom stereocenters. The lowest BCUT2D eigenvalue weighted by molar-refractivity contribution is -0.686. The Bertz CT molecular complexity index is 424. The summed E-state index contributed by atoms with van der Waals surface area (Å²) in [5, 5.41) is 11.3. The van der Waals surface area contributed by atoms with Crippen LogP contribution in [0.5, 0.6) is 5.88 Å². The molecule has 0 radical (unpaired) electrons. The highest BCUT2D eigenvalue weighted by Crippen LogP contribution is 2.25. The van der Waals surface area contributed by atoms with Gasteiger partial charge in [0.1, 0.15) is 0 Å². The van der Waals surface area contributed by atoms with Crippen LogP contribution in [-0.2, 0) is 6.54 Å². The molecule has 0 bridgehead atoms. The minimum atomic E-state index is -0.406. The van der Waals surface area contributed by atoms with Gasteiger partial charge in [-0.3, -0.25) is 10.1 Å². The van der Waals surface area contributed by atoms with E-state index in [1.165, 1.54) is 12.3 Å². The highest BCUT2D eigenvalue weighted by molar-refractivity contribution is 9.09. The number of ether oxygens (including phenoxy) is 1. The molecule has 15 heavy (non-hydrogen) atoms. The van der Waals surface area contributed by atoms with E-state index in [9.17, 15) is 10.1 Å². The molecule has 1 unspecified atom stereocenters. The molecule has 0 spiro atoms. The minimum Gasteiger partial charge on any atom is -0.430 e. The van der Waals surface area contributed by atoms with Gasteiger partial charge in [-0.25, -0.2) is 0 Å². The highest BCUT2D eigenvalue weighted by atomic mass is 79.9. The van der Waals surface area contributed by atoms with Gasteiger partial charge < -0.3 is 4.74 Å². The van der Waals surface area contributed by atoms with Crippen LogP contribution in [0.4, 0.5) is 5.69 Å². The second-order valence-corrected chi connectivity index (χ2v) is 4.36. The van der Waals surface area contributed by atoms with Crippen molar-refractivity contribution in [3.8, 4) is 5.88 Å². The largest absolute Gasteiger partial charge is 0.430 e. The number of nitrogens with zero attached hydrogens (tertiary/aromatic N) is 2. The molecule has 1 aromatic heterocycles. The van der Waals surface area contributed by atoms with Crippen LogP contribution in [0.25, 0.3) is 0 Å². The average Bonchev–Trinajstić information content (AvgIpc) is 2.53. The maximum atomic E-state index is 10.6. The van der Waals surface area contributed by atoms with E-state index < -0.39 is 4.92 Å². The van der Waals surface area contributed by atoms with Crippen molar-refractivity contribution in [3.63, 3.8) is 0 Å². The molecule has 2 heterocycles. The molecule has 1 aliphatic rings. The van der Waals surface area contributed by atoms with E-state index in [1.807, 2.05) is 6.92 Å². The van der Waals surface area contributed by atoms with Crippen molar-refractivity contribution in [2.45, 2.75) is 19.1 Å². The summed E-state index contributed by atoms with van der Waals surface area (Å²) in [5.41, 5.74) is -0.233. The molecule has 0 saturated carbocycles. The summed E-state index contributed by atoms with van der Waals surface area (Å²) in [6.07, 6.45) is 1.50. The SMILES string of the molecule is CC1(CBr)C[n+]2cc([N+](=O)[O-])ccc2O1. The van der Waals surface area contributed by atoms with E-state index in [1.54, 1.807) is 10.6 Å². The number of hydrogen-bond donors (Lipinski definition) is 0. The van der Waals surface area contributed by atoms with E-state index >= 15 is 0 Å². The van der Waals surface area contributed by atoms with Crippen LogP contribution >= 0.6 is 15.9 Å². The molecule has 1 aromatic rings. The number of nitro groups is 1. The second-order valence-electron chi connectivity index (χ2n) is 3.80. The second kappa shape index (κ2) is 3.44. The number of aromatic nitrogens is 1. The van der Waals surface area contributed by atoms with Crippen molar-refractivity contribution in [3.05, 3.63) is 28.4 Å². The maximum absolute atomic E-state index is 10.6. The van der Waals surface area contributed by atoms with Gasteiger partial charge in [0.2, 0.25) is 6.20 Å². The molecular formula is C9H10BrN2O3+. The summed E-state index contributed by atoms with van der Waals surface area (Å²) in [5.74, 6) is 0.669. The first kappa shape index (κ1) is 10.4. The lowest BCUT2D eigenvalue weighted by Gasteiger charge is -2.13. The molecule has 5 nitrogen and oxygen atoms in total. The Balaban J connectivity index is 2.35. The molecule has 0 N–H and O–H groups in total. The Morgan fingerprint density at radius 3 is 3.07 bits per heavy atom. The van der Waals surface area contributed by atoms with Gasteiger partial charge in [-0.15, -0.1) is 0 Å². The van der Waals surface area contributed by atoms with Crippen molar-refractivity contribution in [1.29, 1.82) is 0 Å². The predicted octanol–water partition coefficient (Wildman–Crippen LogP) is 1.43. The highest BCUT2D eigenvalue weighted by Gasteiger charge is 2.41. The summed E-state index contributed by atoms with van der Waals surface area (Å²) in [7, 11) is 0. The maximum Gasteiger partial charge on any atom is 0.369 e. The normalized spacial score (nSPS) is 23.3. The fourth-order valence-electron chi connectivity index (χ4n) is 1.56. The van der Waals surface area contributed by atoms with Gasteiger partial charge in [0.15, 0.2) is 12.1 Å². The van der Waals surface area contributed by atoms with Crippen LogP contribution in [0, 0.1) is 10.1 Å². The van der Waals surface area contributed by atoms with Crippen LogP contribution in [0.1, 0.15) is 6.92 Å². The lowest BCUT2D eigenvalue weighted by atomic mass is 10.1. The third-order valence-electron chi connectivity index (χ3n) is 2.32. The Hall–Kier alpha value is -1.17. The van der Waals surface area contributed by atoms with E-state index in [2.05, 4.69) is 15.9 Å². The summed E-state index contributed by atoms with van der Waals surface area (Å²) >= 11 is 3.37. The van der Waals surface area contributed by atoms with Gasteiger partial charge in [0, 0.05) is 11.4 Å². The average molecular weight is 274 g/mol. The van der Waals surface area contributed by atoms with E-state index in [0.29, 0.717) is 17.8 Å². The lowest BCUT2D eigenvalue weighted by Crippen LogP contribution is -2.40. The van der Waals surface area contributed by atoms with Gasteiger partial charge in [-0.05, 0) is 6.92 Å². The van der Waals surface area contributed by atoms with Crippen molar-refractivity contribution < 1.29 is 14.2 Å². The Labute approximate surface area is 94.9 Å². The van der Waals surface area contributed by atoms with E-state index in [0.717, 1.165) is 0 Å². The first-order valence-corrected chi connectivity index (χ1v) is 5.59. The first-order chi connectivity index (χ1) is 7.04. The Kier molecular flexibility index (Phi) is 2.38. The molecule has 0 saturated heterocycles. The monoisotopic (exact) mass is 273 g/mol. The van der Waals surface area contributed by atoms with Crippen LogP contribution in [0.15, 0.2) is 18.3 Å². The van der Waals surface area contributed by atoms with E-state index in [4.69, 9.17) is 4.74 Å². The molecular weight excluding hydrogens is 264 g/mol. The number of fused-ring (bicyclic) bond motifs is 1. The number of hydrogen-bond acceptors (Lipinski definition) is 3. The molecule has 0 fully saturated rings. The van der Waals surface area contributed by atoms with Crippen molar-refractivity contribution in [2.24, 2.45) is 0 Å². The minimum absolute atomic E-state index is 0.0844. The topological polar surface area (TPSA) is 56.2 Å². The summed E-state index contributed by atoms with van der Waals surface area (Å²) in [6.45, 7) is 2.58. The fraction of sp³-hybridized carbons (Fsp3) is 0.444. The molecule has 6 heteroatoms. The molecule has 1 aliphatic heterocycles. The molecule has 0 amide bonds. The number of halogens is 1. The fourth-order valence-corrected chi connectivity index (χ4v) is 1.85. The van der Waals surface area contributed by atoms with Crippen LogP contribution in [-0.4, -0.2) is 15.9 Å². The zero-order chi connectivity index (χ0) is 11.1. The Morgan fingerprint density at radius 2 is 2.47 bits per heavy atom. The molecule has 80 valence electrons. The number of alkyl halides is 1. The molecule has 2 rings (SSSR count). The smallest absolute Gasteiger partial charge is 0.369 e. The zero-order valence-electron chi connectivity index (χ0n) is 8.14. The van der Waals surface area contributed by atoms with Crippen molar-refractivity contribution in [1.82, 2.24) is 0 Å². The van der Waals surface area contributed by atoms with Crippen molar-refractivity contribution in [2.75, 3.05) is 5.33 Å². The van der Waals surface area contributed by atoms with Gasteiger partial charge in [0.05, 0.1) is 11.0 Å². The van der Waals surface area contributed by atoms with Gasteiger partial charge >= 0.3 is 11.6 Å².